The first kappa shape index (κ1) is 12.1. The van der Waals surface area contributed by atoms with Crippen molar-refractivity contribution >= 4 is 5.78 Å². The van der Waals surface area contributed by atoms with Crippen molar-refractivity contribution in [2.45, 2.75) is 18.4 Å². The van der Waals surface area contributed by atoms with Crippen molar-refractivity contribution in [3.63, 3.8) is 0 Å². The molecule has 3 rings (SSSR count). The summed E-state index contributed by atoms with van der Waals surface area (Å²) in [4.78, 5) is 12.2. The lowest BCUT2D eigenvalue weighted by atomic mass is 10.00. The zero-order valence-corrected chi connectivity index (χ0v) is 10.6. The van der Waals surface area contributed by atoms with Crippen molar-refractivity contribution in [2.75, 3.05) is 0 Å². The number of aliphatic hydroxyl groups is 1. The summed E-state index contributed by atoms with van der Waals surface area (Å²) in [5.41, 5.74) is 1.88. The Hall–Kier alpha value is -1.93. The number of Topliss-reactive ketones (excluding diaryl/α,β-unsaturated/α-hetero) is 1. The fourth-order valence-electron chi connectivity index (χ4n) is 2.58. The lowest BCUT2D eigenvalue weighted by molar-refractivity contribution is -0.128. The summed E-state index contributed by atoms with van der Waals surface area (Å²) >= 11 is 0. The van der Waals surface area contributed by atoms with E-state index in [1.165, 1.54) is 5.56 Å². The average Bonchev–Trinajstić information content (AvgIpc) is 3.28. The van der Waals surface area contributed by atoms with Crippen LogP contribution in [0.3, 0.4) is 0 Å². The Balaban J connectivity index is 1.70. The molecule has 0 amide bonds. The molecule has 0 aromatic heterocycles. The van der Waals surface area contributed by atoms with Crippen LogP contribution in [-0.4, -0.2) is 10.9 Å². The van der Waals surface area contributed by atoms with Crippen molar-refractivity contribution in [1.29, 1.82) is 0 Å². The lowest BCUT2D eigenvalue weighted by Gasteiger charge is -2.09. The molecule has 0 heterocycles. The van der Waals surface area contributed by atoms with E-state index < -0.39 is 6.10 Å². The van der Waals surface area contributed by atoms with E-state index in [0.29, 0.717) is 5.56 Å². The zero-order chi connectivity index (χ0) is 13.2. The molecule has 1 aliphatic carbocycles. The summed E-state index contributed by atoms with van der Waals surface area (Å²) in [6.07, 6.45) is -0.132. The second-order valence-electron chi connectivity index (χ2n) is 5.07. The molecule has 1 saturated carbocycles. The summed E-state index contributed by atoms with van der Waals surface area (Å²) < 4.78 is 0. The predicted molar refractivity (Wildman–Crippen MR) is 73.7 cm³/mol. The number of hydrogen-bond donors (Lipinski definition) is 1. The molecular weight excluding hydrogens is 236 g/mol. The zero-order valence-electron chi connectivity index (χ0n) is 10.6. The minimum Gasteiger partial charge on any atom is -0.381 e. The molecule has 0 aliphatic heterocycles. The van der Waals surface area contributed by atoms with Crippen LogP contribution >= 0.6 is 0 Å². The van der Waals surface area contributed by atoms with E-state index in [9.17, 15) is 9.90 Å². The third-order valence-electron chi connectivity index (χ3n) is 3.77. The Morgan fingerprint density at radius 1 is 1.00 bits per heavy atom. The summed E-state index contributed by atoms with van der Waals surface area (Å²) in [5.74, 6) is 0.199. The smallest absolute Gasteiger partial charge is 0.169 e. The topological polar surface area (TPSA) is 37.3 Å². The second kappa shape index (κ2) is 4.98. The number of benzene rings is 2. The molecular formula is C17H16O2. The molecule has 0 spiro atoms. The highest BCUT2D eigenvalue weighted by Gasteiger charge is 2.45. The van der Waals surface area contributed by atoms with Crippen molar-refractivity contribution < 1.29 is 9.90 Å². The highest BCUT2D eigenvalue weighted by atomic mass is 16.3. The Morgan fingerprint density at radius 3 is 2.21 bits per heavy atom. The predicted octanol–water partition coefficient (Wildman–Crippen LogP) is 3.09. The highest BCUT2D eigenvalue weighted by molar-refractivity contribution is 5.89. The van der Waals surface area contributed by atoms with Gasteiger partial charge in [-0.3, -0.25) is 4.79 Å². The number of rotatable bonds is 4. The van der Waals surface area contributed by atoms with Gasteiger partial charge in [0.2, 0.25) is 0 Å². The van der Waals surface area contributed by atoms with Crippen molar-refractivity contribution in [3.8, 4) is 0 Å². The molecule has 3 unspecified atom stereocenters. The third-order valence-corrected chi connectivity index (χ3v) is 3.77. The van der Waals surface area contributed by atoms with E-state index in [-0.39, 0.29) is 17.6 Å². The minimum atomic E-state index is -0.986. The maximum Gasteiger partial charge on any atom is 0.169 e. The van der Waals surface area contributed by atoms with Crippen LogP contribution in [0.25, 0.3) is 0 Å². The van der Waals surface area contributed by atoms with Crippen LogP contribution in [0.15, 0.2) is 60.7 Å². The van der Waals surface area contributed by atoms with E-state index in [1.54, 1.807) is 12.1 Å². The first-order valence-corrected chi connectivity index (χ1v) is 6.59. The number of ketones is 1. The van der Waals surface area contributed by atoms with Crippen LogP contribution in [0.5, 0.6) is 0 Å². The van der Waals surface area contributed by atoms with Gasteiger partial charge >= 0.3 is 0 Å². The van der Waals surface area contributed by atoms with Crippen molar-refractivity contribution in [3.05, 3.63) is 71.8 Å². The van der Waals surface area contributed by atoms with Crippen molar-refractivity contribution in [1.82, 2.24) is 0 Å². The maximum absolute atomic E-state index is 12.2. The molecule has 2 nitrogen and oxygen atoms in total. The van der Waals surface area contributed by atoms with Crippen LogP contribution in [0.2, 0.25) is 0 Å². The Bertz CT molecular complexity index is 562. The molecule has 3 atom stereocenters. The van der Waals surface area contributed by atoms with Crippen LogP contribution in [0.4, 0.5) is 0 Å². The Morgan fingerprint density at radius 2 is 1.58 bits per heavy atom. The number of hydrogen-bond acceptors (Lipinski definition) is 2. The van der Waals surface area contributed by atoms with E-state index >= 15 is 0 Å². The lowest BCUT2D eigenvalue weighted by Crippen LogP contribution is -2.14. The molecule has 96 valence electrons. The molecule has 0 radical (unpaired) electrons. The van der Waals surface area contributed by atoms with Gasteiger partial charge in [0, 0.05) is 5.92 Å². The molecule has 1 aliphatic rings. The molecule has 0 saturated heterocycles. The molecule has 1 fully saturated rings. The molecule has 1 N–H and O–H groups in total. The largest absolute Gasteiger partial charge is 0.381 e. The fourth-order valence-corrected chi connectivity index (χ4v) is 2.58. The van der Waals surface area contributed by atoms with E-state index in [1.807, 2.05) is 48.5 Å². The monoisotopic (exact) mass is 252 g/mol. The van der Waals surface area contributed by atoms with Crippen LogP contribution in [0, 0.1) is 5.92 Å². The molecule has 2 aromatic rings. The van der Waals surface area contributed by atoms with E-state index in [0.717, 1.165) is 6.42 Å². The van der Waals surface area contributed by atoms with Gasteiger partial charge in [-0.05, 0) is 23.5 Å². The van der Waals surface area contributed by atoms with Gasteiger partial charge in [0.25, 0.3) is 0 Å². The van der Waals surface area contributed by atoms with Gasteiger partial charge in [0.1, 0.15) is 6.10 Å². The average molecular weight is 252 g/mol. The number of carbonyl (C=O) groups excluding carboxylic acids is 1. The van der Waals surface area contributed by atoms with Crippen LogP contribution < -0.4 is 0 Å². The molecule has 0 bridgehead atoms. The van der Waals surface area contributed by atoms with Gasteiger partial charge in [-0.2, -0.15) is 0 Å². The summed E-state index contributed by atoms with van der Waals surface area (Å²) in [5, 5.41) is 10.1. The fraction of sp³-hybridized carbons (Fsp3) is 0.235. The minimum absolute atomic E-state index is 0.0300. The van der Waals surface area contributed by atoms with Crippen LogP contribution in [0.1, 0.15) is 29.6 Å². The standard InChI is InChI=1S/C17H16O2/c18-16(13-9-5-2-6-10-13)17(19)15-11-14(15)12-7-3-1-4-8-12/h1-10,14-16,18H,11H2. The quantitative estimate of drug-likeness (QED) is 0.908. The summed E-state index contributed by atoms with van der Waals surface area (Å²) in [6.45, 7) is 0. The van der Waals surface area contributed by atoms with Gasteiger partial charge in [-0.15, -0.1) is 0 Å². The Kier molecular flexibility index (Phi) is 3.18. The summed E-state index contributed by atoms with van der Waals surface area (Å²) in [6, 6.07) is 19.2. The van der Waals surface area contributed by atoms with Gasteiger partial charge in [-0.25, -0.2) is 0 Å². The van der Waals surface area contributed by atoms with E-state index in [2.05, 4.69) is 0 Å². The molecule has 2 heteroatoms. The highest BCUT2D eigenvalue weighted by Crippen LogP contribution is 2.49. The van der Waals surface area contributed by atoms with Gasteiger partial charge < -0.3 is 5.11 Å². The third kappa shape index (κ3) is 2.45. The first-order valence-electron chi connectivity index (χ1n) is 6.59. The normalized spacial score (nSPS) is 22.8. The SMILES string of the molecule is O=C(C(O)c1ccccc1)C1CC1c1ccccc1. The van der Waals surface area contributed by atoms with Crippen LogP contribution in [-0.2, 0) is 4.79 Å². The number of carbonyl (C=O) groups is 1. The maximum atomic E-state index is 12.2. The number of aliphatic hydroxyl groups excluding tert-OH is 1. The summed E-state index contributed by atoms with van der Waals surface area (Å²) in [7, 11) is 0. The van der Waals surface area contributed by atoms with Crippen molar-refractivity contribution in [2.24, 2.45) is 5.92 Å². The van der Waals surface area contributed by atoms with Gasteiger partial charge in [0.05, 0.1) is 0 Å². The molecule has 2 aromatic carbocycles. The van der Waals surface area contributed by atoms with E-state index in [4.69, 9.17) is 0 Å². The Labute approximate surface area is 112 Å². The molecule has 19 heavy (non-hydrogen) atoms. The second-order valence-corrected chi connectivity index (χ2v) is 5.07. The first-order chi connectivity index (χ1) is 9.27. The van der Waals surface area contributed by atoms with Gasteiger partial charge in [0.15, 0.2) is 5.78 Å². The van der Waals surface area contributed by atoms with Gasteiger partial charge in [-0.1, -0.05) is 60.7 Å².